The van der Waals surface area contributed by atoms with E-state index in [0.717, 1.165) is 22.3 Å². The molecule has 78 valence electrons. The van der Waals surface area contributed by atoms with E-state index in [1.54, 1.807) is 6.92 Å². The van der Waals surface area contributed by atoms with Crippen LogP contribution in [0.5, 0.6) is 0 Å². The number of alkyl halides is 2. The summed E-state index contributed by atoms with van der Waals surface area (Å²) in [4.78, 5) is 0. The van der Waals surface area contributed by atoms with Gasteiger partial charge in [0.15, 0.2) is 0 Å². The molecule has 0 aliphatic heterocycles. The summed E-state index contributed by atoms with van der Waals surface area (Å²) < 4.78 is 25.5. The number of benzene rings is 1. The molecule has 0 amide bonds. The zero-order chi connectivity index (χ0) is 10.9. The Morgan fingerprint density at radius 2 is 1.00 bits per heavy atom. The van der Waals surface area contributed by atoms with E-state index < -0.39 is 13.3 Å². The minimum atomic E-state index is -0.508. The van der Waals surface area contributed by atoms with Crippen LogP contribution in [0.15, 0.2) is 0 Å². The molecular weight excluding hydrogens is 182 g/mol. The van der Waals surface area contributed by atoms with Crippen molar-refractivity contribution in [1.82, 2.24) is 0 Å². The van der Waals surface area contributed by atoms with Crippen LogP contribution in [0, 0.1) is 27.7 Å². The Labute approximate surface area is 84.0 Å². The fourth-order valence-corrected chi connectivity index (χ4v) is 1.88. The molecule has 14 heavy (non-hydrogen) atoms. The van der Waals surface area contributed by atoms with Crippen molar-refractivity contribution in [2.45, 2.75) is 41.0 Å². The zero-order valence-electron chi connectivity index (χ0n) is 9.17. The van der Waals surface area contributed by atoms with E-state index in [0.29, 0.717) is 11.1 Å². The van der Waals surface area contributed by atoms with Crippen molar-refractivity contribution in [2.24, 2.45) is 0 Å². The van der Waals surface area contributed by atoms with Gasteiger partial charge < -0.3 is 0 Å². The Bertz CT molecular complexity index is 323. The molecule has 0 fully saturated rings. The van der Waals surface area contributed by atoms with Gasteiger partial charge in [-0.2, -0.15) is 0 Å². The first-order chi connectivity index (χ1) is 6.54. The summed E-state index contributed by atoms with van der Waals surface area (Å²) in [5.41, 5.74) is 5.01. The van der Waals surface area contributed by atoms with E-state index >= 15 is 0 Å². The average Bonchev–Trinajstić information content (AvgIpc) is 2.16. The van der Waals surface area contributed by atoms with Gasteiger partial charge in [0.1, 0.15) is 13.3 Å². The van der Waals surface area contributed by atoms with Crippen molar-refractivity contribution < 1.29 is 8.78 Å². The van der Waals surface area contributed by atoms with Gasteiger partial charge in [-0.3, -0.25) is 0 Å². The summed E-state index contributed by atoms with van der Waals surface area (Å²) in [6.45, 7) is 6.49. The lowest BCUT2D eigenvalue weighted by Crippen LogP contribution is -2.03. The van der Waals surface area contributed by atoms with Crippen LogP contribution >= 0.6 is 0 Å². The lowest BCUT2D eigenvalue weighted by molar-refractivity contribution is 0.469. The highest BCUT2D eigenvalue weighted by molar-refractivity contribution is 5.49. The van der Waals surface area contributed by atoms with Crippen molar-refractivity contribution in [3.05, 3.63) is 33.4 Å². The normalized spacial score (nSPS) is 10.7. The van der Waals surface area contributed by atoms with Crippen molar-refractivity contribution in [2.75, 3.05) is 0 Å². The number of halogens is 2. The van der Waals surface area contributed by atoms with Gasteiger partial charge in [-0.15, -0.1) is 0 Å². The Hall–Kier alpha value is -0.920. The maximum atomic E-state index is 12.8. The van der Waals surface area contributed by atoms with Gasteiger partial charge in [-0.25, -0.2) is 8.78 Å². The van der Waals surface area contributed by atoms with E-state index in [-0.39, 0.29) is 0 Å². The second-order valence-corrected chi connectivity index (χ2v) is 3.72. The molecule has 0 unspecified atom stereocenters. The van der Waals surface area contributed by atoms with Crippen LogP contribution in [0.3, 0.4) is 0 Å². The summed E-state index contributed by atoms with van der Waals surface area (Å²) in [6, 6.07) is 0. The lowest BCUT2D eigenvalue weighted by Gasteiger charge is -2.17. The quantitative estimate of drug-likeness (QED) is 0.677. The highest BCUT2D eigenvalue weighted by atomic mass is 19.1. The van der Waals surface area contributed by atoms with Crippen LogP contribution in [0.25, 0.3) is 0 Å². The molecule has 0 heterocycles. The van der Waals surface area contributed by atoms with Gasteiger partial charge in [0, 0.05) is 0 Å². The first kappa shape index (κ1) is 11.2. The second-order valence-electron chi connectivity index (χ2n) is 3.72. The topological polar surface area (TPSA) is 0 Å². The minimum Gasteiger partial charge on any atom is -0.246 e. The molecule has 0 atom stereocenters. The third-order valence-electron chi connectivity index (χ3n) is 3.20. The van der Waals surface area contributed by atoms with E-state index in [4.69, 9.17) is 0 Å². The monoisotopic (exact) mass is 198 g/mol. The summed E-state index contributed by atoms with van der Waals surface area (Å²) in [7, 11) is 0. The van der Waals surface area contributed by atoms with Crippen LogP contribution in [-0.2, 0) is 13.3 Å². The first-order valence-electron chi connectivity index (χ1n) is 4.74. The van der Waals surface area contributed by atoms with Gasteiger partial charge in [0.2, 0.25) is 0 Å². The summed E-state index contributed by atoms with van der Waals surface area (Å²) in [5, 5.41) is 0. The Morgan fingerprint density at radius 3 is 1.29 bits per heavy atom. The fourth-order valence-electron chi connectivity index (χ4n) is 1.88. The number of hydrogen-bond donors (Lipinski definition) is 0. The molecule has 0 saturated heterocycles. The number of rotatable bonds is 2. The molecular formula is C12H16F2. The molecule has 1 aromatic rings. The smallest absolute Gasteiger partial charge is 0.115 e. The molecule has 1 aromatic carbocycles. The van der Waals surface area contributed by atoms with E-state index in [9.17, 15) is 8.78 Å². The van der Waals surface area contributed by atoms with Crippen LogP contribution in [-0.4, -0.2) is 0 Å². The van der Waals surface area contributed by atoms with Crippen molar-refractivity contribution in [3.63, 3.8) is 0 Å². The predicted octanol–water partition coefficient (Wildman–Crippen LogP) is 3.86. The van der Waals surface area contributed by atoms with Gasteiger partial charge in [0.25, 0.3) is 0 Å². The molecule has 0 spiro atoms. The van der Waals surface area contributed by atoms with Crippen molar-refractivity contribution in [3.8, 4) is 0 Å². The molecule has 0 N–H and O–H groups in total. The number of hydrogen-bond acceptors (Lipinski definition) is 0. The first-order valence-corrected chi connectivity index (χ1v) is 4.74. The molecule has 2 heteroatoms. The van der Waals surface area contributed by atoms with Crippen LogP contribution in [0.2, 0.25) is 0 Å². The lowest BCUT2D eigenvalue weighted by atomic mass is 9.90. The van der Waals surface area contributed by atoms with Crippen LogP contribution in [0.1, 0.15) is 33.4 Å². The van der Waals surface area contributed by atoms with Gasteiger partial charge in [-0.1, -0.05) is 0 Å². The maximum Gasteiger partial charge on any atom is 0.115 e. The van der Waals surface area contributed by atoms with E-state index in [2.05, 4.69) is 0 Å². The summed E-state index contributed by atoms with van der Waals surface area (Å²) in [5.74, 6) is 0. The SMILES string of the molecule is Cc1c(C)c(CF)c(C)c(CF)c1C. The van der Waals surface area contributed by atoms with Crippen LogP contribution < -0.4 is 0 Å². The fraction of sp³-hybridized carbons (Fsp3) is 0.500. The summed E-state index contributed by atoms with van der Waals surface area (Å²) >= 11 is 0. The third kappa shape index (κ3) is 1.54. The molecule has 0 aliphatic carbocycles. The molecule has 0 aliphatic rings. The van der Waals surface area contributed by atoms with Crippen molar-refractivity contribution in [1.29, 1.82) is 0 Å². The Kier molecular flexibility index (Phi) is 3.25. The van der Waals surface area contributed by atoms with E-state index in [1.165, 1.54) is 0 Å². The Balaban J connectivity index is 3.56. The highest BCUT2D eigenvalue weighted by Crippen LogP contribution is 2.27. The molecule has 0 bridgehead atoms. The largest absolute Gasteiger partial charge is 0.246 e. The zero-order valence-corrected chi connectivity index (χ0v) is 9.17. The Morgan fingerprint density at radius 1 is 0.643 bits per heavy atom. The molecule has 0 saturated carbocycles. The average molecular weight is 198 g/mol. The predicted molar refractivity (Wildman–Crippen MR) is 55.0 cm³/mol. The van der Waals surface area contributed by atoms with E-state index in [1.807, 2.05) is 20.8 Å². The minimum absolute atomic E-state index is 0.508. The summed E-state index contributed by atoms with van der Waals surface area (Å²) in [6.07, 6.45) is 0. The second kappa shape index (κ2) is 4.07. The molecule has 0 aromatic heterocycles. The molecule has 0 radical (unpaired) electrons. The van der Waals surface area contributed by atoms with Crippen molar-refractivity contribution >= 4 is 0 Å². The van der Waals surface area contributed by atoms with Gasteiger partial charge >= 0.3 is 0 Å². The highest BCUT2D eigenvalue weighted by Gasteiger charge is 2.13. The standard InChI is InChI=1S/C12H16F2/c1-7-8(2)11(5-13)10(4)12(6-14)9(7)3/h5-6H2,1-4H3. The molecule has 1 rings (SSSR count). The maximum absolute atomic E-state index is 12.8. The van der Waals surface area contributed by atoms with Gasteiger partial charge in [0.05, 0.1) is 0 Å². The third-order valence-corrected chi connectivity index (χ3v) is 3.20. The molecule has 0 nitrogen and oxygen atoms in total. The van der Waals surface area contributed by atoms with Crippen LogP contribution in [0.4, 0.5) is 8.78 Å². The van der Waals surface area contributed by atoms with Gasteiger partial charge in [-0.05, 0) is 61.1 Å².